The Bertz CT molecular complexity index is 867. The van der Waals surface area contributed by atoms with Crippen molar-refractivity contribution in [3.8, 4) is 0 Å². The summed E-state index contributed by atoms with van der Waals surface area (Å²) in [5, 5.41) is 4.34. The second kappa shape index (κ2) is 8.16. The summed E-state index contributed by atoms with van der Waals surface area (Å²) in [6, 6.07) is 0.0793. The second-order valence-electron chi connectivity index (χ2n) is 7.52. The first-order chi connectivity index (χ1) is 12.4. The van der Waals surface area contributed by atoms with Crippen LogP contribution in [-0.2, 0) is 20.2 Å². The first kappa shape index (κ1) is 22.3. The highest BCUT2D eigenvalue weighted by Gasteiger charge is 2.31. The van der Waals surface area contributed by atoms with E-state index in [2.05, 4.69) is 9.82 Å². The van der Waals surface area contributed by atoms with Crippen molar-refractivity contribution in [2.45, 2.75) is 51.5 Å². The van der Waals surface area contributed by atoms with E-state index in [9.17, 15) is 16.8 Å². The molecule has 1 N–H and O–H groups in total. The molecule has 0 saturated carbocycles. The van der Waals surface area contributed by atoms with Crippen molar-refractivity contribution in [3.05, 3.63) is 11.4 Å². The topological polar surface area (TPSA) is 105 Å². The van der Waals surface area contributed by atoms with Crippen molar-refractivity contribution in [1.29, 1.82) is 0 Å². The molecule has 0 amide bonds. The van der Waals surface area contributed by atoms with Gasteiger partial charge in [-0.15, -0.1) is 0 Å². The number of hydrogen-bond donors (Lipinski definition) is 1. The number of aryl methyl sites for hydroxylation is 1. The maximum atomic E-state index is 12.8. The molecule has 1 aliphatic rings. The quantitative estimate of drug-likeness (QED) is 0.704. The SMILES string of the molecule is Cc1nn(C(C)C)c(C)c1S(=O)(=O)NCC1CCN(S(=O)(=O)N(C)C)CC1. The highest BCUT2D eigenvalue weighted by molar-refractivity contribution is 7.89. The monoisotopic (exact) mass is 421 g/mol. The van der Waals surface area contributed by atoms with Crippen molar-refractivity contribution in [2.75, 3.05) is 33.7 Å². The van der Waals surface area contributed by atoms with Gasteiger partial charge in [0.1, 0.15) is 4.90 Å². The third-order valence-corrected chi connectivity index (χ3v) is 8.56. The molecular formula is C16H31N5O4S2. The summed E-state index contributed by atoms with van der Waals surface area (Å²) in [6.45, 7) is 8.47. The average Bonchev–Trinajstić information content (AvgIpc) is 2.88. The molecule has 27 heavy (non-hydrogen) atoms. The molecule has 9 nitrogen and oxygen atoms in total. The van der Waals surface area contributed by atoms with E-state index in [4.69, 9.17) is 0 Å². The first-order valence-electron chi connectivity index (χ1n) is 9.11. The van der Waals surface area contributed by atoms with Crippen molar-refractivity contribution in [3.63, 3.8) is 0 Å². The van der Waals surface area contributed by atoms with Gasteiger partial charge >= 0.3 is 0 Å². The Morgan fingerprint density at radius 3 is 2.15 bits per heavy atom. The summed E-state index contributed by atoms with van der Waals surface area (Å²) in [5.41, 5.74) is 1.11. The molecule has 0 atom stereocenters. The van der Waals surface area contributed by atoms with Crippen LogP contribution < -0.4 is 4.72 Å². The van der Waals surface area contributed by atoms with Gasteiger partial charge in [-0.05, 0) is 46.5 Å². The van der Waals surface area contributed by atoms with Gasteiger partial charge in [0, 0.05) is 39.8 Å². The smallest absolute Gasteiger partial charge is 0.266 e. The minimum absolute atomic E-state index is 0.0793. The third kappa shape index (κ3) is 4.70. The Labute approximate surface area is 163 Å². The number of nitrogens with zero attached hydrogens (tertiary/aromatic N) is 4. The van der Waals surface area contributed by atoms with Crippen molar-refractivity contribution < 1.29 is 16.8 Å². The molecule has 1 fully saturated rings. The van der Waals surface area contributed by atoms with Crippen LogP contribution in [0.5, 0.6) is 0 Å². The second-order valence-corrected chi connectivity index (χ2v) is 11.4. The molecule has 0 bridgehead atoms. The van der Waals surface area contributed by atoms with Crippen molar-refractivity contribution >= 4 is 20.2 Å². The Morgan fingerprint density at radius 1 is 1.15 bits per heavy atom. The van der Waals surface area contributed by atoms with Gasteiger partial charge in [-0.25, -0.2) is 13.1 Å². The highest BCUT2D eigenvalue weighted by atomic mass is 32.2. The third-order valence-electron chi connectivity index (χ3n) is 4.94. The van der Waals surface area contributed by atoms with Gasteiger partial charge in [0.2, 0.25) is 10.0 Å². The molecule has 0 spiro atoms. The fourth-order valence-electron chi connectivity index (χ4n) is 3.41. The first-order valence-corrected chi connectivity index (χ1v) is 12.0. The number of rotatable bonds is 7. The van der Waals surface area contributed by atoms with Gasteiger partial charge in [0.15, 0.2) is 0 Å². The summed E-state index contributed by atoms with van der Waals surface area (Å²) in [7, 11) is -4.05. The summed E-state index contributed by atoms with van der Waals surface area (Å²) in [6.07, 6.45) is 1.25. The Kier molecular flexibility index (Phi) is 6.73. The van der Waals surface area contributed by atoms with E-state index in [1.54, 1.807) is 18.5 Å². The number of aromatic nitrogens is 2. The van der Waals surface area contributed by atoms with E-state index in [-0.39, 0.29) is 16.9 Å². The van der Waals surface area contributed by atoms with Gasteiger partial charge in [0.05, 0.1) is 11.4 Å². The van der Waals surface area contributed by atoms with Crippen LogP contribution in [0.3, 0.4) is 0 Å². The number of piperidine rings is 1. The number of nitrogens with one attached hydrogen (secondary N) is 1. The molecule has 1 saturated heterocycles. The Morgan fingerprint density at radius 2 is 1.70 bits per heavy atom. The number of hydrogen-bond acceptors (Lipinski definition) is 5. The summed E-state index contributed by atoms with van der Waals surface area (Å²) >= 11 is 0. The van der Waals surface area contributed by atoms with Gasteiger partial charge < -0.3 is 0 Å². The van der Waals surface area contributed by atoms with Gasteiger partial charge in [0.25, 0.3) is 10.2 Å². The molecule has 1 aliphatic heterocycles. The van der Waals surface area contributed by atoms with E-state index >= 15 is 0 Å². The van der Waals surface area contributed by atoms with Crippen LogP contribution >= 0.6 is 0 Å². The van der Waals surface area contributed by atoms with Crippen molar-refractivity contribution in [1.82, 2.24) is 23.1 Å². The molecule has 1 aromatic rings. The molecule has 156 valence electrons. The molecular weight excluding hydrogens is 390 g/mol. The number of sulfonamides is 1. The lowest BCUT2D eigenvalue weighted by molar-refractivity contribution is 0.263. The van der Waals surface area contributed by atoms with E-state index in [1.165, 1.54) is 22.7 Å². The summed E-state index contributed by atoms with van der Waals surface area (Å²) in [5.74, 6) is 0.106. The molecule has 0 aliphatic carbocycles. The lowest BCUT2D eigenvalue weighted by Gasteiger charge is -2.32. The Hall–Kier alpha value is -1.01. The van der Waals surface area contributed by atoms with Crippen LogP contribution in [0.25, 0.3) is 0 Å². The molecule has 2 heterocycles. The van der Waals surface area contributed by atoms with Crippen LogP contribution in [-0.4, -0.2) is 69.0 Å². The van der Waals surface area contributed by atoms with Crippen LogP contribution in [0, 0.1) is 19.8 Å². The Balaban J connectivity index is 2.02. The molecule has 11 heteroatoms. The molecule has 1 aromatic heterocycles. The predicted octanol–water partition coefficient (Wildman–Crippen LogP) is 0.878. The maximum absolute atomic E-state index is 12.8. The highest BCUT2D eigenvalue weighted by Crippen LogP contribution is 2.24. The molecule has 0 unspecified atom stereocenters. The van der Waals surface area contributed by atoms with E-state index in [0.717, 1.165) is 0 Å². The van der Waals surface area contributed by atoms with Crippen LogP contribution in [0.15, 0.2) is 4.90 Å². The van der Waals surface area contributed by atoms with Crippen molar-refractivity contribution in [2.24, 2.45) is 5.92 Å². The normalized spacial score (nSPS) is 17.9. The zero-order valence-electron chi connectivity index (χ0n) is 16.9. The minimum atomic E-state index is -3.66. The van der Waals surface area contributed by atoms with Gasteiger partial charge in [-0.3, -0.25) is 4.68 Å². The van der Waals surface area contributed by atoms with Gasteiger partial charge in [-0.2, -0.15) is 22.1 Å². The zero-order valence-corrected chi connectivity index (χ0v) is 18.6. The van der Waals surface area contributed by atoms with Crippen LogP contribution in [0.4, 0.5) is 0 Å². The van der Waals surface area contributed by atoms with Crippen LogP contribution in [0.2, 0.25) is 0 Å². The van der Waals surface area contributed by atoms with Gasteiger partial charge in [-0.1, -0.05) is 0 Å². The lowest BCUT2D eigenvalue weighted by atomic mass is 9.99. The summed E-state index contributed by atoms with van der Waals surface area (Å²) in [4.78, 5) is 0.240. The minimum Gasteiger partial charge on any atom is -0.266 e. The molecule has 2 rings (SSSR count). The van der Waals surface area contributed by atoms with E-state index < -0.39 is 20.2 Å². The van der Waals surface area contributed by atoms with E-state index in [0.29, 0.717) is 43.9 Å². The largest absolute Gasteiger partial charge is 0.281 e. The standard InChI is InChI=1S/C16H31N5O4S2/c1-12(2)21-14(4)16(13(3)18-21)26(22,23)17-11-15-7-9-20(10-8-15)27(24,25)19(5)6/h12,15,17H,7-11H2,1-6H3. The van der Waals surface area contributed by atoms with Crippen LogP contribution in [0.1, 0.15) is 44.1 Å². The zero-order chi connectivity index (χ0) is 20.6. The fourth-order valence-corrected chi connectivity index (χ4v) is 6.06. The summed E-state index contributed by atoms with van der Waals surface area (Å²) < 4.78 is 56.9. The molecule has 0 aromatic carbocycles. The lowest BCUT2D eigenvalue weighted by Crippen LogP contribution is -2.45. The van der Waals surface area contributed by atoms with E-state index in [1.807, 2.05) is 13.8 Å². The fraction of sp³-hybridized carbons (Fsp3) is 0.812. The maximum Gasteiger partial charge on any atom is 0.281 e. The molecule has 0 radical (unpaired) electrons. The predicted molar refractivity (Wildman–Crippen MR) is 104 cm³/mol. The average molecular weight is 422 g/mol.